The van der Waals surface area contributed by atoms with Gasteiger partial charge in [-0.05, 0) is 54.1 Å². The van der Waals surface area contributed by atoms with Crippen molar-refractivity contribution in [1.29, 1.82) is 0 Å². The van der Waals surface area contributed by atoms with E-state index in [1.54, 1.807) is 24.3 Å². The van der Waals surface area contributed by atoms with Gasteiger partial charge in [0.2, 0.25) is 0 Å². The van der Waals surface area contributed by atoms with Crippen LogP contribution in [0.4, 0.5) is 0 Å². The number of ether oxygens (including phenoxy) is 1. The van der Waals surface area contributed by atoms with Gasteiger partial charge in [0, 0.05) is 11.1 Å². The van der Waals surface area contributed by atoms with Crippen molar-refractivity contribution in [1.82, 2.24) is 5.43 Å². The summed E-state index contributed by atoms with van der Waals surface area (Å²) in [5.41, 5.74) is 4.49. The minimum absolute atomic E-state index is 0.0775. The van der Waals surface area contributed by atoms with E-state index in [4.69, 9.17) is 9.84 Å². The van der Waals surface area contributed by atoms with Gasteiger partial charge in [-0.25, -0.2) is 10.2 Å². The number of hydrogen-bond donors (Lipinski definition) is 3. The van der Waals surface area contributed by atoms with Crippen LogP contribution in [-0.4, -0.2) is 28.3 Å². The number of rotatable bonds is 7. The molecule has 0 radical (unpaired) electrons. The molecule has 3 N–H and O–H groups in total. The summed E-state index contributed by atoms with van der Waals surface area (Å²) in [5.74, 6) is -0.738. The first-order chi connectivity index (χ1) is 14.0. The Bertz CT molecular complexity index is 1030. The fraction of sp³-hybridized carbons (Fsp3) is 0.0455. The lowest BCUT2D eigenvalue weighted by Crippen LogP contribution is -2.17. The van der Waals surface area contributed by atoms with Crippen LogP contribution in [0.2, 0.25) is 0 Å². The van der Waals surface area contributed by atoms with Crippen LogP contribution in [0, 0.1) is 0 Å². The molecule has 0 bridgehead atoms. The second-order valence-electron chi connectivity index (χ2n) is 6.07. The monoisotopic (exact) mass is 390 g/mol. The van der Waals surface area contributed by atoms with Crippen LogP contribution in [0.5, 0.6) is 11.5 Å². The highest BCUT2D eigenvalue weighted by Gasteiger charge is 2.06. The first-order valence-corrected chi connectivity index (χ1v) is 8.69. The van der Waals surface area contributed by atoms with Gasteiger partial charge in [0.05, 0.1) is 11.8 Å². The molecule has 7 heteroatoms. The van der Waals surface area contributed by atoms with Gasteiger partial charge in [0.1, 0.15) is 18.1 Å². The first kappa shape index (κ1) is 19.6. The third-order valence-electron chi connectivity index (χ3n) is 4.01. The zero-order valence-corrected chi connectivity index (χ0v) is 15.3. The number of phenols is 1. The number of aromatic hydroxyl groups is 1. The van der Waals surface area contributed by atoms with Crippen molar-refractivity contribution in [2.24, 2.45) is 5.10 Å². The van der Waals surface area contributed by atoms with Gasteiger partial charge in [-0.1, -0.05) is 24.3 Å². The first-order valence-electron chi connectivity index (χ1n) is 8.69. The van der Waals surface area contributed by atoms with Crippen LogP contribution in [0.3, 0.4) is 0 Å². The van der Waals surface area contributed by atoms with Gasteiger partial charge in [0.15, 0.2) is 0 Å². The van der Waals surface area contributed by atoms with Crippen molar-refractivity contribution < 1.29 is 24.5 Å². The lowest BCUT2D eigenvalue weighted by Gasteiger charge is -2.09. The maximum absolute atomic E-state index is 12.0. The molecule has 0 unspecified atom stereocenters. The summed E-state index contributed by atoms with van der Waals surface area (Å²) in [6, 6.07) is 19.5. The molecule has 0 spiro atoms. The number of aromatic carboxylic acids is 1. The van der Waals surface area contributed by atoms with E-state index in [1.807, 2.05) is 12.1 Å². The van der Waals surface area contributed by atoms with Crippen molar-refractivity contribution in [2.75, 3.05) is 0 Å². The average Bonchev–Trinajstić information content (AvgIpc) is 2.73. The number of hydrazone groups is 1. The van der Waals surface area contributed by atoms with E-state index in [9.17, 15) is 14.7 Å². The number of carbonyl (C=O) groups excluding carboxylic acids is 1. The minimum Gasteiger partial charge on any atom is -0.508 e. The highest BCUT2D eigenvalue weighted by molar-refractivity contribution is 5.95. The standard InChI is InChI=1S/C22H18N2O5/c25-19-11-9-16(10-12-19)21(26)24-23-13-18-3-1-2-4-20(18)29-14-15-5-7-17(8-6-15)22(27)28/h1-13,25H,14H2,(H,24,26)(H,27,28)/b23-13-. The summed E-state index contributed by atoms with van der Waals surface area (Å²) in [6.45, 7) is 0.255. The van der Waals surface area contributed by atoms with E-state index in [0.29, 0.717) is 16.9 Å². The Morgan fingerprint density at radius 3 is 2.28 bits per heavy atom. The number of phenolic OH excluding ortho intramolecular Hbond substituents is 1. The number of carboxylic acids is 1. The zero-order valence-electron chi connectivity index (χ0n) is 15.3. The number of amides is 1. The number of benzene rings is 3. The van der Waals surface area contributed by atoms with Crippen molar-refractivity contribution in [3.05, 3.63) is 95.1 Å². The van der Waals surface area contributed by atoms with Crippen LogP contribution in [0.25, 0.3) is 0 Å². The van der Waals surface area contributed by atoms with Crippen molar-refractivity contribution >= 4 is 18.1 Å². The number of nitrogens with one attached hydrogen (secondary N) is 1. The summed E-state index contributed by atoms with van der Waals surface area (Å²) in [4.78, 5) is 22.9. The summed E-state index contributed by atoms with van der Waals surface area (Å²) in [5, 5.41) is 22.2. The van der Waals surface area contributed by atoms with Crippen molar-refractivity contribution in [3.8, 4) is 11.5 Å². The van der Waals surface area contributed by atoms with Crippen LogP contribution >= 0.6 is 0 Å². The predicted molar refractivity (Wildman–Crippen MR) is 107 cm³/mol. The third-order valence-corrected chi connectivity index (χ3v) is 4.01. The van der Waals surface area contributed by atoms with Crippen LogP contribution in [-0.2, 0) is 6.61 Å². The van der Waals surface area contributed by atoms with Crippen molar-refractivity contribution in [2.45, 2.75) is 6.61 Å². The zero-order chi connectivity index (χ0) is 20.6. The lowest BCUT2D eigenvalue weighted by molar-refractivity contribution is 0.0696. The molecule has 0 atom stereocenters. The lowest BCUT2D eigenvalue weighted by atomic mass is 10.1. The van der Waals surface area contributed by atoms with Gasteiger partial charge in [-0.2, -0.15) is 5.10 Å². The summed E-state index contributed by atoms with van der Waals surface area (Å²) in [6.07, 6.45) is 1.47. The molecule has 0 saturated heterocycles. The molecule has 3 rings (SSSR count). The van der Waals surface area contributed by atoms with E-state index in [1.165, 1.54) is 42.6 Å². The molecule has 29 heavy (non-hydrogen) atoms. The van der Waals surface area contributed by atoms with Crippen LogP contribution in [0.15, 0.2) is 77.9 Å². The highest BCUT2D eigenvalue weighted by Crippen LogP contribution is 2.18. The maximum Gasteiger partial charge on any atom is 0.335 e. The quantitative estimate of drug-likeness (QED) is 0.423. The second-order valence-corrected chi connectivity index (χ2v) is 6.07. The molecule has 0 fully saturated rings. The van der Waals surface area contributed by atoms with E-state index >= 15 is 0 Å². The Labute approximate surface area is 166 Å². The number of carboxylic acid groups (broad SMARTS) is 1. The van der Waals surface area contributed by atoms with Gasteiger partial charge in [-0.15, -0.1) is 0 Å². The van der Waals surface area contributed by atoms with Gasteiger partial charge < -0.3 is 14.9 Å². The Hall–Kier alpha value is -4.13. The Morgan fingerprint density at radius 2 is 1.59 bits per heavy atom. The largest absolute Gasteiger partial charge is 0.508 e. The van der Waals surface area contributed by atoms with Crippen LogP contribution < -0.4 is 10.2 Å². The maximum atomic E-state index is 12.0. The van der Waals surface area contributed by atoms with Gasteiger partial charge in [0.25, 0.3) is 5.91 Å². The molecule has 0 aliphatic carbocycles. The number of carbonyl (C=O) groups is 2. The molecule has 3 aromatic rings. The normalized spacial score (nSPS) is 10.6. The SMILES string of the molecule is O=C(O)c1ccc(COc2ccccc2/C=N\NC(=O)c2ccc(O)cc2)cc1. The van der Waals surface area contributed by atoms with Crippen LogP contribution in [0.1, 0.15) is 31.8 Å². The highest BCUT2D eigenvalue weighted by atomic mass is 16.5. The third kappa shape index (κ3) is 5.43. The topological polar surface area (TPSA) is 108 Å². The fourth-order valence-electron chi connectivity index (χ4n) is 2.46. The Balaban J connectivity index is 1.62. The molecule has 0 aromatic heterocycles. The average molecular weight is 390 g/mol. The van der Waals surface area contributed by atoms with E-state index in [2.05, 4.69) is 10.5 Å². The molecular formula is C22H18N2O5. The van der Waals surface area contributed by atoms with E-state index in [0.717, 1.165) is 5.56 Å². The predicted octanol–water partition coefficient (Wildman–Crippen LogP) is 3.43. The molecule has 146 valence electrons. The number of para-hydroxylation sites is 1. The van der Waals surface area contributed by atoms with Gasteiger partial charge in [-0.3, -0.25) is 4.79 Å². The molecule has 0 saturated carbocycles. The Kier molecular flexibility index (Phi) is 6.22. The fourth-order valence-corrected chi connectivity index (χ4v) is 2.46. The van der Waals surface area contributed by atoms with E-state index < -0.39 is 11.9 Å². The molecular weight excluding hydrogens is 372 g/mol. The molecule has 0 aliphatic heterocycles. The molecule has 1 amide bonds. The molecule has 0 aliphatic rings. The number of hydrogen-bond acceptors (Lipinski definition) is 5. The molecule has 0 heterocycles. The molecule has 3 aromatic carbocycles. The smallest absolute Gasteiger partial charge is 0.335 e. The van der Waals surface area contributed by atoms with Gasteiger partial charge >= 0.3 is 5.97 Å². The minimum atomic E-state index is -0.978. The summed E-state index contributed by atoms with van der Waals surface area (Å²) < 4.78 is 5.80. The Morgan fingerprint density at radius 1 is 0.931 bits per heavy atom. The van der Waals surface area contributed by atoms with Crippen molar-refractivity contribution in [3.63, 3.8) is 0 Å². The second kappa shape index (κ2) is 9.18. The van der Waals surface area contributed by atoms with E-state index in [-0.39, 0.29) is 17.9 Å². The summed E-state index contributed by atoms with van der Waals surface area (Å²) in [7, 11) is 0. The number of nitrogens with zero attached hydrogens (tertiary/aromatic N) is 1. The molecule has 7 nitrogen and oxygen atoms in total. The summed E-state index contributed by atoms with van der Waals surface area (Å²) >= 11 is 0.